The Morgan fingerprint density at radius 1 is 1.56 bits per heavy atom. The number of ether oxygens (including phenoxy) is 1. The Morgan fingerprint density at radius 2 is 2.22 bits per heavy atom. The molecule has 0 bridgehead atoms. The molecule has 1 aromatic heterocycles. The number of aromatic amines is 1. The zero-order valence-corrected chi connectivity index (χ0v) is 11.1. The fourth-order valence-electron chi connectivity index (χ4n) is 1.75. The Morgan fingerprint density at radius 3 is 2.72 bits per heavy atom. The van der Waals surface area contributed by atoms with Crippen molar-refractivity contribution in [2.24, 2.45) is 0 Å². The minimum Gasteiger partial charge on any atom is -0.394 e. The summed E-state index contributed by atoms with van der Waals surface area (Å²) < 4.78 is 4.46. The van der Waals surface area contributed by atoms with Gasteiger partial charge in [0.1, 0.15) is 12.2 Å². The van der Waals surface area contributed by atoms with Gasteiger partial charge in [0.2, 0.25) is 0 Å². The van der Waals surface area contributed by atoms with Crippen LogP contribution in [0.5, 0.6) is 0 Å². The van der Waals surface area contributed by atoms with Crippen LogP contribution in [-0.4, -0.2) is 47.3 Å². The largest absolute Gasteiger partial charge is 0.394 e. The Labute approximate surface area is 114 Å². The van der Waals surface area contributed by atoms with Crippen LogP contribution in [0.15, 0.2) is 21.9 Å². The number of nitrogens with one attached hydrogen (secondary N) is 1. The second-order valence-electron chi connectivity index (χ2n) is 3.89. The van der Waals surface area contributed by atoms with Crippen LogP contribution in [0.4, 0.5) is 0 Å². The molecule has 1 fully saturated rings. The number of alkyl halides is 1. The highest BCUT2D eigenvalue weighted by Crippen LogP contribution is 2.40. The molecule has 2 rings (SSSR count). The van der Waals surface area contributed by atoms with Gasteiger partial charge in [-0.3, -0.25) is 14.3 Å². The van der Waals surface area contributed by atoms with E-state index in [4.69, 9.17) is 9.84 Å². The lowest BCUT2D eigenvalue weighted by Gasteiger charge is -2.23. The molecule has 0 radical (unpaired) electrons. The second-order valence-corrected chi connectivity index (χ2v) is 5.62. The van der Waals surface area contributed by atoms with E-state index in [-0.39, 0.29) is 0 Å². The lowest BCUT2D eigenvalue weighted by molar-refractivity contribution is -0.0557. The van der Waals surface area contributed by atoms with E-state index in [9.17, 15) is 19.8 Å². The maximum atomic E-state index is 11.5. The van der Waals surface area contributed by atoms with E-state index in [1.165, 1.54) is 0 Å². The van der Waals surface area contributed by atoms with E-state index in [2.05, 4.69) is 0 Å². The molecule has 4 atom stereocenters. The average molecular weight is 370 g/mol. The molecule has 1 aliphatic rings. The molecule has 0 saturated carbocycles. The molecule has 0 aliphatic carbocycles. The van der Waals surface area contributed by atoms with Crippen molar-refractivity contribution in [1.29, 1.82) is 0 Å². The van der Waals surface area contributed by atoms with Gasteiger partial charge in [0.15, 0.2) is 9.84 Å². The van der Waals surface area contributed by atoms with Crippen molar-refractivity contribution in [1.82, 2.24) is 9.55 Å². The summed E-state index contributed by atoms with van der Waals surface area (Å²) >= 11 is 1.55. The van der Waals surface area contributed by atoms with Crippen LogP contribution >= 0.6 is 22.6 Å². The molecule has 18 heavy (non-hydrogen) atoms. The molecule has 0 amide bonds. The summed E-state index contributed by atoms with van der Waals surface area (Å²) in [5.74, 6) is 0. The molecular weight excluding hydrogens is 359 g/mol. The summed E-state index contributed by atoms with van der Waals surface area (Å²) in [7, 11) is 0. The maximum Gasteiger partial charge on any atom is 0.330 e. The van der Waals surface area contributed by atoms with E-state index < -0.39 is 39.9 Å². The van der Waals surface area contributed by atoms with Gasteiger partial charge in [0.05, 0.1) is 6.61 Å². The average Bonchev–Trinajstić information content (AvgIpc) is 2.52. The first-order valence-electron chi connectivity index (χ1n) is 5.05. The normalized spacial score (nSPS) is 35.9. The Balaban J connectivity index is 2.41. The van der Waals surface area contributed by atoms with Crippen molar-refractivity contribution in [3.8, 4) is 0 Å². The topological polar surface area (TPSA) is 125 Å². The predicted octanol–water partition coefficient (Wildman–Crippen LogP) is -2.09. The molecule has 100 valence electrons. The van der Waals surface area contributed by atoms with Gasteiger partial charge in [-0.15, -0.1) is 0 Å². The molecule has 2 heterocycles. The second kappa shape index (κ2) is 4.74. The molecule has 1 saturated heterocycles. The van der Waals surface area contributed by atoms with Crippen LogP contribution in [0.2, 0.25) is 0 Å². The highest BCUT2D eigenvalue weighted by molar-refractivity contribution is 14.1. The molecule has 8 nitrogen and oxygen atoms in total. The molecule has 0 spiro atoms. The van der Waals surface area contributed by atoms with E-state index in [0.717, 1.165) is 16.8 Å². The lowest BCUT2D eigenvalue weighted by atomic mass is 10.1. The summed E-state index contributed by atoms with van der Waals surface area (Å²) in [6.45, 7) is -0.509. The standard InChI is InChI=1S/C9H11IN2O6/c10-9(17)4(3-13)18-7(6(9)15)12-2-1-5(14)11-8(12)16/h1-2,4,6-7,13,15,17H,3H2,(H,11,14,16)/t4-,6+,7-,9-/m1/s1. The third kappa shape index (κ3) is 2.12. The van der Waals surface area contributed by atoms with Crippen molar-refractivity contribution in [3.05, 3.63) is 33.1 Å². The van der Waals surface area contributed by atoms with E-state index in [1.807, 2.05) is 4.98 Å². The van der Waals surface area contributed by atoms with Crippen LogP contribution in [0.25, 0.3) is 0 Å². The van der Waals surface area contributed by atoms with Crippen LogP contribution in [0, 0.1) is 0 Å². The molecule has 0 unspecified atom stereocenters. The minimum absolute atomic E-state index is 0.509. The van der Waals surface area contributed by atoms with Gasteiger partial charge in [0.25, 0.3) is 5.56 Å². The number of hydrogen-bond acceptors (Lipinski definition) is 6. The van der Waals surface area contributed by atoms with E-state index in [0.29, 0.717) is 0 Å². The van der Waals surface area contributed by atoms with Crippen LogP contribution in [0.1, 0.15) is 6.23 Å². The highest BCUT2D eigenvalue weighted by Gasteiger charge is 2.54. The Kier molecular flexibility index (Phi) is 3.60. The van der Waals surface area contributed by atoms with Crippen molar-refractivity contribution in [2.45, 2.75) is 22.0 Å². The van der Waals surface area contributed by atoms with Crippen LogP contribution < -0.4 is 11.2 Å². The Hall–Kier alpha value is -0.750. The number of nitrogens with zero attached hydrogens (tertiary/aromatic N) is 1. The number of aliphatic hydroxyl groups is 3. The summed E-state index contributed by atoms with van der Waals surface area (Å²) in [5.41, 5.74) is -1.34. The number of aliphatic hydroxyl groups excluding tert-OH is 2. The van der Waals surface area contributed by atoms with E-state index in [1.54, 1.807) is 22.6 Å². The molecule has 9 heteroatoms. The van der Waals surface area contributed by atoms with Gasteiger partial charge < -0.3 is 20.1 Å². The quantitative estimate of drug-likeness (QED) is 0.350. The van der Waals surface area contributed by atoms with E-state index >= 15 is 0 Å². The number of rotatable bonds is 2. The fourth-order valence-corrected chi connectivity index (χ4v) is 2.40. The highest BCUT2D eigenvalue weighted by atomic mass is 127. The third-order valence-corrected chi connectivity index (χ3v) is 4.06. The monoisotopic (exact) mass is 370 g/mol. The number of hydrogen-bond donors (Lipinski definition) is 4. The van der Waals surface area contributed by atoms with Gasteiger partial charge >= 0.3 is 5.69 Å². The smallest absolute Gasteiger partial charge is 0.330 e. The van der Waals surface area contributed by atoms with Gasteiger partial charge in [0, 0.05) is 12.3 Å². The van der Waals surface area contributed by atoms with Gasteiger partial charge in [-0.1, -0.05) is 0 Å². The molecule has 1 aromatic rings. The van der Waals surface area contributed by atoms with Gasteiger partial charge in [-0.2, -0.15) is 0 Å². The summed E-state index contributed by atoms with van der Waals surface area (Å²) in [6.07, 6.45) is -2.47. The summed E-state index contributed by atoms with van der Waals surface area (Å²) in [4.78, 5) is 24.5. The number of halogens is 1. The molecular formula is C9H11IN2O6. The van der Waals surface area contributed by atoms with Crippen LogP contribution in [-0.2, 0) is 4.74 Å². The van der Waals surface area contributed by atoms with Crippen molar-refractivity contribution < 1.29 is 20.1 Å². The number of H-pyrrole nitrogens is 1. The zero-order chi connectivity index (χ0) is 13.5. The molecule has 1 aliphatic heterocycles. The number of aromatic nitrogens is 2. The van der Waals surface area contributed by atoms with Crippen LogP contribution in [0.3, 0.4) is 0 Å². The lowest BCUT2D eigenvalue weighted by Crippen LogP contribution is -2.44. The van der Waals surface area contributed by atoms with Gasteiger partial charge in [-0.25, -0.2) is 4.79 Å². The predicted molar refractivity (Wildman–Crippen MR) is 67.3 cm³/mol. The molecule has 4 N–H and O–H groups in total. The van der Waals surface area contributed by atoms with Gasteiger partial charge in [-0.05, 0) is 22.6 Å². The van der Waals surface area contributed by atoms with Crippen molar-refractivity contribution >= 4 is 22.6 Å². The Bertz CT molecular complexity index is 552. The summed E-state index contributed by atoms with van der Waals surface area (Å²) in [5, 5.41) is 28.9. The van der Waals surface area contributed by atoms with Crippen molar-refractivity contribution in [3.63, 3.8) is 0 Å². The van der Waals surface area contributed by atoms with Crippen molar-refractivity contribution in [2.75, 3.05) is 6.61 Å². The third-order valence-electron chi connectivity index (χ3n) is 2.73. The minimum atomic E-state index is -1.72. The zero-order valence-electron chi connectivity index (χ0n) is 8.99. The maximum absolute atomic E-state index is 11.5. The first-order valence-corrected chi connectivity index (χ1v) is 6.13. The first kappa shape index (κ1) is 13.7. The SMILES string of the molecule is O=c1ccn([C@@H]2O[C@H](CO)[C@](O)(I)[C@H]2O)c(=O)[nH]1. The first-order chi connectivity index (χ1) is 8.37. The summed E-state index contributed by atoms with van der Waals surface area (Å²) in [6, 6.07) is 1.09. The fraction of sp³-hybridized carbons (Fsp3) is 0.556. The molecule has 0 aromatic carbocycles.